The van der Waals surface area contributed by atoms with Crippen molar-refractivity contribution in [2.24, 2.45) is 0 Å². The van der Waals surface area contributed by atoms with Crippen LogP contribution in [0.3, 0.4) is 0 Å². The molecule has 2 aromatic rings. The van der Waals surface area contributed by atoms with Crippen molar-refractivity contribution in [3.05, 3.63) is 47.7 Å². The maximum absolute atomic E-state index is 12.6. The van der Waals surface area contributed by atoms with Crippen LogP contribution in [0, 0.1) is 0 Å². The molecular weight excluding hydrogens is 394 g/mol. The second-order valence-corrected chi connectivity index (χ2v) is 8.20. The number of aromatic nitrogens is 1. The van der Waals surface area contributed by atoms with Gasteiger partial charge in [0.25, 0.3) is 10.0 Å². The summed E-state index contributed by atoms with van der Waals surface area (Å²) in [5.41, 5.74) is 0.373. The Morgan fingerprint density at radius 1 is 1.17 bits per heavy atom. The molecule has 156 valence electrons. The van der Waals surface area contributed by atoms with Crippen LogP contribution in [0.4, 0.5) is 11.5 Å². The summed E-state index contributed by atoms with van der Waals surface area (Å²) in [4.78, 5) is 29.1. The number of unbranched alkanes of at least 4 members (excludes halogenated alkanes) is 1. The smallest absolute Gasteiger partial charge is 0.339 e. The summed E-state index contributed by atoms with van der Waals surface area (Å²) in [6.45, 7) is 6.59. The normalized spacial score (nSPS) is 11.1. The first kappa shape index (κ1) is 22.4. The van der Waals surface area contributed by atoms with Gasteiger partial charge >= 0.3 is 5.97 Å². The van der Waals surface area contributed by atoms with Gasteiger partial charge in [-0.1, -0.05) is 25.5 Å². The number of rotatable bonds is 10. The minimum absolute atomic E-state index is 0.0402. The maximum Gasteiger partial charge on any atom is 0.339 e. The fraction of sp³-hybridized carbons (Fsp3) is 0.350. The number of carboxylic acids is 1. The average molecular weight is 420 g/mol. The monoisotopic (exact) mass is 419 g/mol. The summed E-state index contributed by atoms with van der Waals surface area (Å²) in [5.74, 6) is -1.05. The molecule has 0 atom stereocenters. The second kappa shape index (κ2) is 9.51. The van der Waals surface area contributed by atoms with E-state index in [0.29, 0.717) is 24.5 Å². The molecule has 0 aliphatic rings. The summed E-state index contributed by atoms with van der Waals surface area (Å²) in [6, 6.07) is 6.76. The molecule has 0 fully saturated rings. The SMILES string of the molecule is CCCCN(CC)c1ncc(NS(=O)(=O)c2ccc(C(C)=O)cc2)cc1C(=O)O. The molecule has 2 rings (SSSR count). The zero-order valence-corrected chi connectivity index (χ0v) is 17.5. The van der Waals surface area contributed by atoms with Crippen molar-refractivity contribution in [2.45, 2.75) is 38.5 Å². The van der Waals surface area contributed by atoms with Gasteiger partial charge in [-0.2, -0.15) is 0 Å². The molecule has 0 aliphatic carbocycles. The molecule has 0 unspecified atom stereocenters. The molecule has 9 heteroatoms. The lowest BCUT2D eigenvalue weighted by Gasteiger charge is -2.23. The van der Waals surface area contributed by atoms with Gasteiger partial charge in [0.2, 0.25) is 0 Å². The van der Waals surface area contributed by atoms with Crippen LogP contribution in [-0.4, -0.2) is 43.4 Å². The Hall–Kier alpha value is -2.94. The van der Waals surface area contributed by atoms with Gasteiger partial charge in [-0.3, -0.25) is 9.52 Å². The lowest BCUT2D eigenvalue weighted by atomic mass is 10.2. The van der Waals surface area contributed by atoms with Crippen LogP contribution in [0.25, 0.3) is 0 Å². The molecule has 0 bridgehead atoms. The number of carbonyl (C=O) groups is 2. The minimum Gasteiger partial charge on any atom is -0.478 e. The fourth-order valence-electron chi connectivity index (χ4n) is 2.77. The quantitative estimate of drug-likeness (QED) is 0.567. The zero-order valence-electron chi connectivity index (χ0n) is 16.7. The topological polar surface area (TPSA) is 117 Å². The van der Waals surface area contributed by atoms with Crippen molar-refractivity contribution in [3.8, 4) is 0 Å². The molecular formula is C20H25N3O5S. The molecule has 0 radical (unpaired) electrons. The highest BCUT2D eigenvalue weighted by Crippen LogP contribution is 2.24. The molecule has 0 saturated heterocycles. The van der Waals surface area contributed by atoms with E-state index in [1.54, 1.807) is 0 Å². The third kappa shape index (κ3) is 5.54. The third-order valence-electron chi connectivity index (χ3n) is 4.38. The molecule has 0 saturated carbocycles. The number of carbonyl (C=O) groups excluding carboxylic acids is 1. The molecule has 0 amide bonds. The Morgan fingerprint density at radius 3 is 2.34 bits per heavy atom. The number of ketones is 1. The summed E-state index contributed by atoms with van der Waals surface area (Å²) >= 11 is 0. The van der Waals surface area contributed by atoms with Gasteiger partial charge in [-0.15, -0.1) is 0 Å². The number of pyridine rings is 1. The van der Waals surface area contributed by atoms with E-state index in [2.05, 4.69) is 9.71 Å². The Morgan fingerprint density at radius 2 is 1.83 bits per heavy atom. The lowest BCUT2D eigenvalue weighted by Crippen LogP contribution is -2.27. The van der Waals surface area contributed by atoms with Crippen LogP contribution in [0.1, 0.15) is 54.3 Å². The number of nitrogens with zero attached hydrogens (tertiary/aromatic N) is 2. The molecule has 2 N–H and O–H groups in total. The number of benzene rings is 1. The molecule has 29 heavy (non-hydrogen) atoms. The number of sulfonamides is 1. The fourth-order valence-corrected chi connectivity index (χ4v) is 3.80. The molecule has 1 aromatic heterocycles. The van der Waals surface area contributed by atoms with Crippen molar-refractivity contribution < 1.29 is 23.1 Å². The molecule has 1 heterocycles. The Labute approximate surface area is 170 Å². The van der Waals surface area contributed by atoms with Crippen LogP contribution in [0.2, 0.25) is 0 Å². The highest BCUT2D eigenvalue weighted by molar-refractivity contribution is 7.92. The van der Waals surface area contributed by atoms with E-state index in [-0.39, 0.29) is 21.9 Å². The van der Waals surface area contributed by atoms with Gasteiger partial charge in [-0.25, -0.2) is 18.2 Å². The van der Waals surface area contributed by atoms with E-state index in [1.165, 1.54) is 43.5 Å². The highest BCUT2D eigenvalue weighted by Gasteiger charge is 2.20. The number of carboxylic acid groups (broad SMARTS) is 1. The van der Waals surface area contributed by atoms with E-state index in [4.69, 9.17) is 0 Å². The van der Waals surface area contributed by atoms with Crippen LogP contribution in [-0.2, 0) is 10.0 Å². The predicted octanol–water partition coefficient (Wildman–Crippen LogP) is 3.41. The van der Waals surface area contributed by atoms with Gasteiger partial charge in [0.05, 0.1) is 16.8 Å². The largest absolute Gasteiger partial charge is 0.478 e. The van der Waals surface area contributed by atoms with Gasteiger partial charge in [0.15, 0.2) is 5.78 Å². The first-order chi connectivity index (χ1) is 13.7. The Bertz CT molecular complexity index is 988. The summed E-state index contributed by atoms with van der Waals surface area (Å²) < 4.78 is 27.5. The average Bonchev–Trinajstić information content (AvgIpc) is 2.69. The second-order valence-electron chi connectivity index (χ2n) is 6.52. The van der Waals surface area contributed by atoms with E-state index in [0.717, 1.165) is 12.8 Å². The lowest BCUT2D eigenvalue weighted by molar-refractivity contribution is 0.0697. The zero-order chi connectivity index (χ0) is 21.6. The number of anilines is 2. The van der Waals surface area contributed by atoms with Gasteiger partial charge in [-0.05, 0) is 38.5 Å². The Kier molecular flexibility index (Phi) is 7.33. The maximum atomic E-state index is 12.6. The number of nitrogens with one attached hydrogen (secondary N) is 1. The Balaban J connectivity index is 2.33. The number of hydrogen-bond donors (Lipinski definition) is 2. The summed E-state index contributed by atoms with van der Waals surface area (Å²) in [5, 5.41) is 9.58. The summed E-state index contributed by atoms with van der Waals surface area (Å²) in [6.07, 6.45) is 3.15. The number of Topliss-reactive ketones (excluding diaryl/α,β-unsaturated/α-hetero) is 1. The summed E-state index contributed by atoms with van der Waals surface area (Å²) in [7, 11) is -3.96. The van der Waals surface area contributed by atoms with Crippen molar-refractivity contribution >= 4 is 33.3 Å². The van der Waals surface area contributed by atoms with Crippen molar-refractivity contribution in [1.29, 1.82) is 0 Å². The first-order valence-corrected chi connectivity index (χ1v) is 10.8. The third-order valence-corrected chi connectivity index (χ3v) is 5.78. The van der Waals surface area contributed by atoms with Gasteiger partial charge in [0.1, 0.15) is 11.4 Å². The van der Waals surface area contributed by atoms with Crippen molar-refractivity contribution in [3.63, 3.8) is 0 Å². The van der Waals surface area contributed by atoms with Crippen molar-refractivity contribution in [2.75, 3.05) is 22.7 Å². The van der Waals surface area contributed by atoms with Gasteiger partial charge < -0.3 is 10.0 Å². The van der Waals surface area contributed by atoms with Crippen molar-refractivity contribution in [1.82, 2.24) is 4.98 Å². The van der Waals surface area contributed by atoms with E-state index < -0.39 is 16.0 Å². The standard InChI is InChI=1S/C20H25N3O5S/c1-4-6-11-23(5-2)19-18(20(25)26)12-16(13-21-19)22-29(27,28)17-9-7-15(8-10-17)14(3)24/h7-10,12-13,22H,4-6,11H2,1-3H3,(H,25,26). The predicted molar refractivity (Wildman–Crippen MR) is 111 cm³/mol. The molecule has 1 aromatic carbocycles. The van der Waals surface area contributed by atoms with Crippen LogP contribution >= 0.6 is 0 Å². The van der Waals surface area contributed by atoms with E-state index in [1.807, 2.05) is 18.7 Å². The van der Waals surface area contributed by atoms with E-state index >= 15 is 0 Å². The van der Waals surface area contributed by atoms with Crippen LogP contribution in [0.5, 0.6) is 0 Å². The van der Waals surface area contributed by atoms with Crippen LogP contribution < -0.4 is 9.62 Å². The number of hydrogen-bond acceptors (Lipinski definition) is 6. The molecule has 8 nitrogen and oxygen atoms in total. The highest BCUT2D eigenvalue weighted by atomic mass is 32.2. The molecule has 0 aliphatic heterocycles. The first-order valence-electron chi connectivity index (χ1n) is 9.31. The number of aromatic carboxylic acids is 1. The van der Waals surface area contributed by atoms with Gasteiger partial charge in [0, 0.05) is 18.7 Å². The van der Waals surface area contributed by atoms with E-state index in [9.17, 15) is 23.1 Å². The minimum atomic E-state index is -3.96. The van der Waals surface area contributed by atoms with Crippen LogP contribution in [0.15, 0.2) is 41.4 Å². The molecule has 0 spiro atoms.